The van der Waals surface area contributed by atoms with Crippen molar-refractivity contribution in [1.29, 1.82) is 0 Å². The van der Waals surface area contributed by atoms with Gasteiger partial charge in [-0.3, -0.25) is 9.59 Å². The topological polar surface area (TPSA) is 70.2 Å². The Labute approximate surface area is 168 Å². The Hall–Kier alpha value is -3.15. The van der Waals surface area contributed by atoms with Crippen molar-refractivity contribution in [2.24, 2.45) is 0 Å². The van der Waals surface area contributed by atoms with Crippen molar-refractivity contribution in [3.63, 3.8) is 0 Å². The van der Waals surface area contributed by atoms with Crippen LogP contribution in [0.3, 0.4) is 0 Å². The maximum atomic E-state index is 12.2. The molecule has 0 fully saturated rings. The van der Waals surface area contributed by atoms with Gasteiger partial charge in [-0.2, -0.15) is 0 Å². The van der Waals surface area contributed by atoms with Gasteiger partial charge in [0.25, 0.3) is 5.91 Å². The molecular weight excluding hydrogens is 374 g/mol. The highest BCUT2D eigenvalue weighted by Gasteiger charge is 2.07. The molecule has 0 aliphatic carbocycles. The van der Waals surface area contributed by atoms with E-state index in [1.54, 1.807) is 48.5 Å². The molecule has 0 saturated heterocycles. The zero-order valence-electron chi connectivity index (χ0n) is 15.1. The molecule has 0 unspecified atom stereocenters. The lowest BCUT2D eigenvalue weighted by atomic mass is 10.2. The van der Waals surface area contributed by atoms with Crippen LogP contribution in [0.15, 0.2) is 78.9 Å². The molecule has 0 bridgehead atoms. The molecule has 2 amide bonds. The lowest BCUT2D eigenvalue weighted by molar-refractivity contribution is -0.115. The summed E-state index contributed by atoms with van der Waals surface area (Å²) in [5.74, 6) is -0.385. The number of hydrogen-bond donors (Lipinski definition) is 3. The Morgan fingerprint density at radius 3 is 2.21 bits per heavy atom. The number of amides is 2. The van der Waals surface area contributed by atoms with E-state index in [9.17, 15) is 9.59 Å². The Kier molecular flexibility index (Phi) is 6.78. The van der Waals surface area contributed by atoms with E-state index in [-0.39, 0.29) is 18.4 Å². The molecule has 0 aliphatic rings. The lowest BCUT2D eigenvalue weighted by Crippen LogP contribution is -2.27. The maximum Gasteiger partial charge on any atom is 0.255 e. The molecule has 3 rings (SSSR count). The Bertz CT molecular complexity index is 961. The van der Waals surface area contributed by atoms with Gasteiger partial charge in [0.2, 0.25) is 5.91 Å². The molecule has 142 valence electrons. The number of hydrogen-bond acceptors (Lipinski definition) is 3. The maximum absolute atomic E-state index is 12.2. The monoisotopic (exact) mass is 393 g/mol. The van der Waals surface area contributed by atoms with Gasteiger partial charge in [-0.1, -0.05) is 54.1 Å². The molecule has 0 spiro atoms. The predicted molar refractivity (Wildman–Crippen MR) is 113 cm³/mol. The van der Waals surface area contributed by atoms with Gasteiger partial charge in [-0.25, -0.2) is 0 Å². The molecule has 0 radical (unpaired) electrons. The van der Waals surface area contributed by atoms with Crippen LogP contribution >= 0.6 is 11.6 Å². The number of benzene rings is 3. The fourth-order valence-electron chi connectivity index (χ4n) is 2.63. The molecule has 0 atom stereocenters. The third-order valence-corrected chi connectivity index (χ3v) is 4.37. The summed E-state index contributed by atoms with van der Waals surface area (Å²) in [4.78, 5) is 24.4. The highest BCUT2D eigenvalue weighted by Crippen LogP contribution is 2.16. The van der Waals surface area contributed by atoms with E-state index in [1.807, 2.05) is 30.3 Å². The number of carbonyl (C=O) groups is 2. The minimum atomic E-state index is -0.203. The summed E-state index contributed by atoms with van der Waals surface area (Å²) >= 11 is 6.10. The number of anilines is 2. The normalized spacial score (nSPS) is 10.3. The smallest absolute Gasteiger partial charge is 0.255 e. The van der Waals surface area contributed by atoms with Crippen molar-refractivity contribution < 1.29 is 9.59 Å². The molecule has 3 N–H and O–H groups in total. The first kappa shape index (κ1) is 19.6. The first-order valence-corrected chi connectivity index (χ1v) is 9.20. The lowest BCUT2D eigenvalue weighted by Gasteiger charge is -2.10. The van der Waals surface area contributed by atoms with Crippen molar-refractivity contribution in [3.05, 3.63) is 95.0 Å². The van der Waals surface area contributed by atoms with Crippen molar-refractivity contribution in [2.45, 2.75) is 6.54 Å². The first-order chi connectivity index (χ1) is 13.6. The summed E-state index contributed by atoms with van der Waals surface area (Å²) in [7, 11) is 0. The van der Waals surface area contributed by atoms with Crippen LogP contribution in [0.2, 0.25) is 5.02 Å². The Morgan fingerprint density at radius 1 is 0.786 bits per heavy atom. The molecule has 0 heterocycles. The van der Waals surface area contributed by atoms with Crippen LogP contribution in [-0.4, -0.2) is 18.4 Å². The van der Waals surface area contributed by atoms with Gasteiger partial charge in [0.1, 0.15) is 0 Å². The summed E-state index contributed by atoms with van der Waals surface area (Å²) in [5, 5.41) is 9.36. The second-order valence-electron chi connectivity index (χ2n) is 6.14. The number of nitrogens with one attached hydrogen (secondary N) is 3. The third kappa shape index (κ3) is 5.67. The highest BCUT2D eigenvalue weighted by molar-refractivity contribution is 6.31. The second kappa shape index (κ2) is 9.69. The van der Waals surface area contributed by atoms with Crippen LogP contribution in [0.4, 0.5) is 11.4 Å². The van der Waals surface area contributed by atoms with Crippen molar-refractivity contribution in [2.75, 3.05) is 17.2 Å². The molecule has 0 saturated carbocycles. The van der Waals surface area contributed by atoms with Crippen LogP contribution < -0.4 is 16.0 Å². The minimum absolute atomic E-state index is 0.145. The van der Waals surface area contributed by atoms with Crippen LogP contribution in [0.5, 0.6) is 0 Å². The zero-order chi connectivity index (χ0) is 19.8. The van der Waals surface area contributed by atoms with Gasteiger partial charge in [0, 0.05) is 28.5 Å². The molecular formula is C22H20ClN3O2. The van der Waals surface area contributed by atoms with E-state index >= 15 is 0 Å². The average Bonchev–Trinajstić information content (AvgIpc) is 2.70. The van der Waals surface area contributed by atoms with E-state index in [0.29, 0.717) is 28.5 Å². The van der Waals surface area contributed by atoms with E-state index < -0.39 is 0 Å². The van der Waals surface area contributed by atoms with Gasteiger partial charge >= 0.3 is 0 Å². The Morgan fingerprint density at radius 2 is 1.46 bits per heavy atom. The standard InChI is InChI=1S/C22H20ClN3O2/c23-20-12-5-4-9-17(20)14-24-15-21(27)25-18-10-6-11-19(13-18)26-22(28)16-7-2-1-3-8-16/h1-13,24H,14-15H2,(H,25,27)(H,26,28). The van der Waals surface area contributed by atoms with Gasteiger partial charge in [-0.15, -0.1) is 0 Å². The molecule has 6 heteroatoms. The van der Waals surface area contributed by atoms with Crippen LogP contribution in [0.25, 0.3) is 0 Å². The van der Waals surface area contributed by atoms with E-state index in [0.717, 1.165) is 5.56 Å². The predicted octanol–water partition coefficient (Wildman–Crippen LogP) is 4.32. The van der Waals surface area contributed by atoms with Gasteiger partial charge in [0.15, 0.2) is 0 Å². The van der Waals surface area contributed by atoms with Crippen molar-refractivity contribution in [1.82, 2.24) is 5.32 Å². The molecule has 3 aromatic carbocycles. The molecule has 3 aromatic rings. The van der Waals surface area contributed by atoms with E-state index in [1.165, 1.54) is 0 Å². The van der Waals surface area contributed by atoms with E-state index in [2.05, 4.69) is 16.0 Å². The van der Waals surface area contributed by atoms with Crippen LogP contribution in [0, 0.1) is 0 Å². The molecule has 0 aromatic heterocycles. The Balaban J connectivity index is 1.51. The highest BCUT2D eigenvalue weighted by atomic mass is 35.5. The number of rotatable bonds is 7. The molecule has 5 nitrogen and oxygen atoms in total. The second-order valence-corrected chi connectivity index (χ2v) is 6.55. The van der Waals surface area contributed by atoms with Crippen molar-refractivity contribution in [3.8, 4) is 0 Å². The van der Waals surface area contributed by atoms with Crippen LogP contribution in [-0.2, 0) is 11.3 Å². The fraction of sp³-hybridized carbons (Fsp3) is 0.0909. The SMILES string of the molecule is O=C(CNCc1ccccc1Cl)Nc1cccc(NC(=O)c2ccccc2)c1. The first-order valence-electron chi connectivity index (χ1n) is 8.82. The summed E-state index contributed by atoms with van der Waals surface area (Å²) in [5.41, 5.74) is 2.72. The minimum Gasteiger partial charge on any atom is -0.325 e. The zero-order valence-corrected chi connectivity index (χ0v) is 15.9. The fourth-order valence-corrected chi connectivity index (χ4v) is 2.83. The largest absolute Gasteiger partial charge is 0.325 e. The average molecular weight is 394 g/mol. The summed E-state index contributed by atoms with van der Waals surface area (Å²) in [6, 6.07) is 23.5. The van der Waals surface area contributed by atoms with Crippen LogP contribution in [0.1, 0.15) is 15.9 Å². The summed E-state index contributed by atoms with van der Waals surface area (Å²) < 4.78 is 0. The van der Waals surface area contributed by atoms with E-state index in [4.69, 9.17) is 11.6 Å². The molecule has 0 aliphatic heterocycles. The van der Waals surface area contributed by atoms with Gasteiger partial charge in [-0.05, 0) is 42.0 Å². The third-order valence-electron chi connectivity index (χ3n) is 4.00. The number of halogens is 1. The summed E-state index contributed by atoms with van der Waals surface area (Å²) in [6.07, 6.45) is 0. The van der Waals surface area contributed by atoms with Gasteiger partial charge < -0.3 is 16.0 Å². The van der Waals surface area contributed by atoms with Gasteiger partial charge in [0.05, 0.1) is 6.54 Å². The number of carbonyl (C=O) groups excluding carboxylic acids is 2. The molecule has 28 heavy (non-hydrogen) atoms. The quantitative estimate of drug-likeness (QED) is 0.559. The summed E-state index contributed by atoms with van der Waals surface area (Å²) in [6.45, 7) is 0.645. The van der Waals surface area contributed by atoms with Crippen molar-refractivity contribution >= 4 is 34.8 Å².